The Morgan fingerprint density at radius 2 is 1.75 bits per heavy atom. The van der Waals surface area contributed by atoms with Crippen molar-refractivity contribution in [2.24, 2.45) is 5.16 Å². The maximum Gasteiger partial charge on any atom is 0.227 e. The smallest absolute Gasteiger partial charge is 0.227 e. The second-order valence-corrected chi connectivity index (χ2v) is 6.58. The van der Waals surface area contributed by atoms with Crippen LogP contribution in [0.5, 0.6) is 0 Å². The number of hydrogen-bond acceptors (Lipinski definition) is 4. The molecule has 2 aliphatic rings. The second kappa shape index (κ2) is 8.15. The van der Waals surface area contributed by atoms with E-state index in [1.807, 2.05) is 35.2 Å². The number of piperazine rings is 1. The number of likely N-dealkylation sites (tertiary alicyclic amines) is 1. The third kappa shape index (κ3) is 4.26. The summed E-state index contributed by atoms with van der Waals surface area (Å²) < 4.78 is 0. The first-order valence-electron chi connectivity index (χ1n) is 8.73. The molecule has 24 heavy (non-hydrogen) atoms. The third-order valence-corrected chi connectivity index (χ3v) is 5.10. The van der Waals surface area contributed by atoms with Crippen molar-refractivity contribution in [3.63, 3.8) is 0 Å². The predicted octanol–water partition coefficient (Wildman–Crippen LogP) is 1.26. The molecule has 2 heterocycles. The molecular weight excluding hydrogens is 304 g/mol. The topological polar surface area (TPSA) is 59.4 Å². The summed E-state index contributed by atoms with van der Waals surface area (Å²) in [5, 5.41) is 11.7. The lowest BCUT2D eigenvalue weighted by Gasteiger charge is -2.42. The fourth-order valence-corrected chi connectivity index (χ4v) is 3.66. The Hall–Kier alpha value is -2.08. The summed E-state index contributed by atoms with van der Waals surface area (Å²) in [6.07, 6.45) is 4.18. The summed E-state index contributed by atoms with van der Waals surface area (Å²) in [5.41, 5.74) is 1.09. The van der Waals surface area contributed by atoms with E-state index >= 15 is 0 Å². The maximum atomic E-state index is 12.4. The fraction of sp³-hybridized carbons (Fsp3) is 0.556. The van der Waals surface area contributed by atoms with Gasteiger partial charge in [0.15, 0.2) is 0 Å². The minimum atomic E-state index is 0.231. The Kier molecular flexibility index (Phi) is 5.69. The normalized spacial score (nSPS) is 20.7. The minimum absolute atomic E-state index is 0.231. The van der Waals surface area contributed by atoms with Gasteiger partial charge in [-0.2, -0.15) is 0 Å². The molecule has 6 nitrogen and oxygen atoms in total. The van der Waals surface area contributed by atoms with Crippen molar-refractivity contribution in [3.8, 4) is 0 Å². The SMILES string of the molecule is O=C(Cc1ccccc1)N1CCN(C2CCN(C=NO)CC2)CC1. The largest absolute Gasteiger partial charge is 0.410 e. The monoisotopic (exact) mass is 330 g/mol. The highest BCUT2D eigenvalue weighted by molar-refractivity contribution is 5.78. The molecule has 0 unspecified atom stereocenters. The standard InChI is InChI=1S/C18H26N4O2/c23-18(14-16-4-2-1-3-5-16)22-12-10-21(11-13-22)17-6-8-20(9-7-17)15-19-24/h1-5,15,17,24H,6-14H2. The van der Waals surface area contributed by atoms with Crippen molar-refractivity contribution >= 4 is 12.2 Å². The van der Waals surface area contributed by atoms with Gasteiger partial charge in [0.25, 0.3) is 0 Å². The van der Waals surface area contributed by atoms with Crippen molar-refractivity contribution in [1.29, 1.82) is 0 Å². The highest BCUT2D eigenvalue weighted by Crippen LogP contribution is 2.18. The predicted molar refractivity (Wildman–Crippen MR) is 93.2 cm³/mol. The van der Waals surface area contributed by atoms with Crippen LogP contribution >= 0.6 is 0 Å². The lowest BCUT2D eigenvalue weighted by Crippen LogP contribution is -2.54. The van der Waals surface area contributed by atoms with Gasteiger partial charge in [-0.05, 0) is 18.4 Å². The second-order valence-electron chi connectivity index (χ2n) is 6.58. The number of hydrogen-bond donors (Lipinski definition) is 1. The molecule has 1 N–H and O–H groups in total. The number of rotatable bonds is 4. The number of carbonyl (C=O) groups excluding carboxylic acids is 1. The summed E-state index contributed by atoms with van der Waals surface area (Å²) in [6.45, 7) is 5.43. The molecule has 1 aromatic rings. The molecule has 2 fully saturated rings. The summed E-state index contributed by atoms with van der Waals surface area (Å²) in [4.78, 5) is 19.0. The van der Waals surface area contributed by atoms with E-state index in [1.54, 1.807) is 0 Å². The Balaban J connectivity index is 1.43. The molecule has 3 rings (SSSR count). The van der Waals surface area contributed by atoms with Gasteiger partial charge in [-0.3, -0.25) is 9.69 Å². The average molecular weight is 330 g/mol. The zero-order chi connectivity index (χ0) is 16.8. The van der Waals surface area contributed by atoms with E-state index < -0.39 is 0 Å². The molecule has 2 saturated heterocycles. The first kappa shape index (κ1) is 16.8. The van der Waals surface area contributed by atoms with E-state index in [2.05, 4.69) is 15.0 Å². The van der Waals surface area contributed by atoms with Crippen LogP contribution in [0.2, 0.25) is 0 Å². The quantitative estimate of drug-likeness (QED) is 0.391. The van der Waals surface area contributed by atoms with E-state index in [1.165, 1.54) is 6.34 Å². The Morgan fingerprint density at radius 3 is 2.38 bits per heavy atom. The minimum Gasteiger partial charge on any atom is -0.410 e. The summed E-state index contributed by atoms with van der Waals surface area (Å²) in [5.74, 6) is 0.231. The number of oxime groups is 1. The zero-order valence-corrected chi connectivity index (χ0v) is 14.0. The van der Waals surface area contributed by atoms with Crippen LogP contribution in [0.4, 0.5) is 0 Å². The van der Waals surface area contributed by atoms with Crippen LogP contribution in [-0.4, -0.2) is 77.5 Å². The van der Waals surface area contributed by atoms with Crippen molar-refractivity contribution in [2.45, 2.75) is 25.3 Å². The molecule has 0 spiro atoms. The van der Waals surface area contributed by atoms with Crippen molar-refractivity contribution in [2.75, 3.05) is 39.3 Å². The molecule has 0 atom stereocenters. The molecular formula is C18H26N4O2. The molecule has 0 saturated carbocycles. The molecule has 2 aliphatic heterocycles. The average Bonchev–Trinajstić information content (AvgIpc) is 2.64. The highest BCUT2D eigenvalue weighted by atomic mass is 16.4. The van der Waals surface area contributed by atoms with Crippen molar-refractivity contribution < 1.29 is 10.0 Å². The summed E-state index contributed by atoms with van der Waals surface area (Å²) in [7, 11) is 0. The van der Waals surface area contributed by atoms with Crippen LogP contribution in [-0.2, 0) is 11.2 Å². The lowest BCUT2D eigenvalue weighted by molar-refractivity contribution is -0.132. The van der Waals surface area contributed by atoms with Gasteiger partial charge in [-0.25, -0.2) is 0 Å². The van der Waals surface area contributed by atoms with Crippen LogP contribution in [0.3, 0.4) is 0 Å². The Labute approximate surface area is 143 Å². The van der Waals surface area contributed by atoms with Crippen molar-refractivity contribution in [3.05, 3.63) is 35.9 Å². The van der Waals surface area contributed by atoms with Gasteiger partial charge in [0.05, 0.1) is 6.42 Å². The molecule has 0 aliphatic carbocycles. The van der Waals surface area contributed by atoms with E-state index in [4.69, 9.17) is 5.21 Å². The van der Waals surface area contributed by atoms with Gasteiger partial charge in [-0.15, -0.1) is 0 Å². The lowest BCUT2D eigenvalue weighted by atomic mass is 10.0. The summed E-state index contributed by atoms with van der Waals surface area (Å²) >= 11 is 0. The molecule has 1 aromatic carbocycles. The van der Waals surface area contributed by atoms with E-state index in [9.17, 15) is 4.79 Å². The number of nitrogens with zero attached hydrogens (tertiary/aromatic N) is 4. The van der Waals surface area contributed by atoms with Gasteiger partial charge < -0.3 is 15.0 Å². The molecule has 6 heteroatoms. The first-order chi connectivity index (χ1) is 11.8. The third-order valence-electron chi connectivity index (χ3n) is 5.10. The Morgan fingerprint density at radius 1 is 1.08 bits per heavy atom. The van der Waals surface area contributed by atoms with Gasteiger partial charge in [0, 0.05) is 45.3 Å². The van der Waals surface area contributed by atoms with Crippen LogP contribution in [0.15, 0.2) is 35.5 Å². The molecule has 0 bridgehead atoms. The van der Waals surface area contributed by atoms with Gasteiger partial charge >= 0.3 is 0 Å². The summed E-state index contributed by atoms with van der Waals surface area (Å²) in [6, 6.07) is 10.5. The van der Waals surface area contributed by atoms with Crippen LogP contribution in [0.1, 0.15) is 18.4 Å². The van der Waals surface area contributed by atoms with Crippen LogP contribution < -0.4 is 0 Å². The molecule has 0 radical (unpaired) electrons. The number of piperidine rings is 1. The number of benzene rings is 1. The van der Waals surface area contributed by atoms with E-state index in [0.717, 1.165) is 57.7 Å². The molecule has 0 aromatic heterocycles. The first-order valence-corrected chi connectivity index (χ1v) is 8.73. The van der Waals surface area contributed by atoms with E-state index in [-0.39, 0.29) is 5.91 Å². The van der Waals surface area contributed by atoms with Crippen LogP contribution in [0.25, 0.3) is 0 Å². The fourth-order valence-electron chi connectivity index (χ4n) is 3.66. The maximum absolute atomic E-state index is 12.4. The molecule has 130 valence electrons. The van der Waals surface area contributed by atoms with Gasteiger partial charge in [0.1, 0.15) is 6.34 Å². The van der Waals surface area contributed by atoms with Crippen LogP contribution in [0, 0.1) is 0 Å². The van der Waals surface area contributed by atoms with Gasteiger partial charge in [-0.1, -0.05) is 35.5 Å². The zero-order valence-electron chi connectivity index (χ0n) is 14.0. The van der Waals surface area contributed by atoms with Gasteiger partial charge in [0.2, 0.25) is 5.91 Å². The van der Waals surface area contributed by atoms with E-state index in [0.29, 0.717) is 12.5 Å². The van der Waals surface area contributed by atoms with Crippen molar-refractivity contribution in [1.82, 2.24) is 14.7 Å². The highest BCUT2D eigenvalue weighted by Gasteiger charge is 2.28. The molecule has 1 amide bonds. The number of carbonyl (C=O) groups is 1. The number of amides is 1. The Bertz CT molecular complexity index is 547.